The van der Waals surface area contributed by atoms with Gasteiger partial charge in [-0.05, 0) is 25.1 Å². The van der Waals surface area contributed by atoms with Gasteiger partial charge in [0, 0.05) is 24.0 Å². The van der Waals surface area contributed by atoms with Gasteiger partial charge >= 0.3 is 0 Å². The molecule has 8 heteroatoms. The van der Waals surface area contributed by atoms with Gasteiger partial charge in [0.2, 0.25) is 5.82 Å². The minimum Gasteiger partial charge on any atom is -0.490 e. The van der Waals surface area contributed by atoms with Crippen molar-refractivity contribution in [3.8, 4) is 17.0 Å². The second-order valence-corrected chi connectivity index (χ2v) is 6.18. The summed E-state index contributed by atoms with van der Waals surface area (Å²) < 4.78 is 38.5. The Morgan fingerprint density at radius 2 is 2.08 bits per heavy atom. The van der Waals surface area contributed by atoms with E-state index in [0.29, 0.717) is 37.4 Å². The summed E-state index contributed by atoms with van der Waals surface area (Å²) in [5.74, 6) is -2.04. The van der Waals surface area contributed by atoms with Gasteiger partial charge in [0.05, 0.1) is 25.5 Å². The number of thiazole rings is 1. The van der Waals surface area contributed by atoms with Crippen molar-refractivity contribution in [1.29, 1.82) is 0 Å². The van der Waals surface area contributed by atoms with E-state index >= 15 is 0 Å². The van der Waals surface area contributed by atoms with Gasteiger partial charge in [-0.1, -0.05) is 0 Å². The predicted molar refractivity (Wildman–Crippen MR) is 89.7 cm³/mol. The quantitative estimate of drug-likeness (QED) is 0.808. The highest BCUT2D eigenvalue weighted by atomic mass is 32.1. The third-order valence-electron chi connectivity index (χ3n) is 3.69. The number of anilines is 1. The van der Waals surface area contributed by atoms with Gasteiger partial charge in [0.1, 0.15) is 0 Å². The largest absolute Gasteiger partial charge is 0.490 e. The zero-order valence-corrected chi connectivity index (χ0v) is 14.0. The summed E-state index contributed by atoms with van der Waals surface area (Å²) >= 11 is 1.47. The van der Waals surface area contributed by atoms with Crippen LogP contribution >= 0.6 is 11.3 Å². The Hall–Kier alpha value is -1.77. The second-order valence-electron chi connectivity index (χ2n) is 5.34. The molecule has 1 aromatic heterocycles. The fraction of sp³-hybridized carbons (Fsp3) is 0.438. The van der Waals surface area contributed by atoms with Crippen LogP contribution in [0.1, 0.15) is 6.42 Å². The number of nitrogens with zero attached hydrogens (tertiary/aromatic N) is 2. The first-order valence-corrected chi connectivity index (χ1v) is 8.68. The van der Waals surface area contributed by atoms with Crippen LogP contribution in [0.15, 0.2) is 17.5 Å². The number of rotatable bonds is 6. The number of benzene rings is 1. The number of morpholine rings is 1. The standard InChI is InChI=1S/C16H19F2N3O2S/c17-12-3-2-11(15(14(12)18)23-7-1-4-19)13-10-24-16(20-13)21-5-8-22-9-6-21/h2-3,10H,1,4-9,19H2. The van der Waals surface area contributed by atoms with Crippen molar-refractivity contribution < 1.29 is 18.3 Å². The van der Waals surface area contributed by atoms with Crippen molar-refractivity contribution in [3.63, 3.8) is 0 Å². The molecule has 5 nitrogen and oxygen atoms in total. The smallest absolute Gasteiger partial charge is 0.201 e. The van der Waals surface area contributed by atoms with Gasteiger partial charge < -0.3 is 20.1 Å². The lowest BCUT2D eigenvalue weighted by Gasteiger charge is -2.26. The van der Waals surface area contributed by atoms with Crippen molar-refractivity contribution in [3.05, 3.63) is 29.1 Å². The molecule has 0 radical (unpaired) electrons. The monoisotopic (exact) mass is 355 g/mol. The van der Waals surface area contributed by atoms with Crippen LogP contribution < -0.4 is 15.4 Å². The van der Waals surface area contributed by atoms with Crippen molar-refractivity contribution >= 4 is 16.5 Å². The Balaban J connectivity index is 1.88. The number of nitrogens with two attached hydrogens (primary N) is 1. The third kappa shape index (κ3) is 3.66. The van der Waals surface area contributed by atoms with Crippen LogP contribution in [0, 0.1) is 11.6 Å². The normalized spacial score (nSPS) is 14.9. The van der Waals surface area contributed by atoms with Crippen LogP contribution in [0.25, 0.3) is 11.3 Å². The fourth-order valence-electron chi connectivity index (χ4n) is 2.42. The van der Waals surface area contributed by atoms with Crippen LogP contribution in [0.2, 0.25) is 0 Å². The minimum atomic E-state index is -0.995. The molecule has 24 heavy (non-hydrogen) atoms. The molecule has 1 aromatic carbocycles. The molecule has 0 bridgehead atoms. The number of hydrogen-bond donors (Lipinski definition) is 1. The molecule has 0 aliphatic carbocycles. The van der Waals surface area contributed by atoms with Crippen molar-refractivity contribution in [1.82, 2.24) is 4.98 Å². The van der Waals surface area contributed by atoms with Crippen molar-refractivity contribution in [2.24, 2.45) is 5.73 Å². The van der Waals surface area contributed by atoms with Gasteiger partial charge in [-0.3, -0.25) is 0 Å². The zero-order chi connectivity index (χ0) is 16.9. The van der Waals surface area contributed by atoms with Crippen LogP contribution in [0.5, 0.6) is 5.75 Å². The molecule has 1 fully saturated rings. The third-order valence-corrected chi connectivity index (χ3v) is 4.60. The van der Waals surface area contributed by atoms with Gasteiger partial charge in [0.15, 0.2) is 16.7 Å². The fourth-order valence-corrected chi connectivity index (χ4v) is 3.30. The highest BCUT2D eigenvalue weighted by molar-refractivity contribution is 7.14. The van der Waals surface area contributed by atoms with Gasteiger partial charge in [-0.15, -0.1) is 11.3 Å². The molecule has 0 amide bonds. The summed E-state index contributed by atoms with van der Waals surface area (Å²) in [6.45, 7) is 3.50. The molecule has 2 N–H and O–H groups in total. The minimum absolute atomic E-state index is 0.109. The Morgan fingerprint density at radius 3 is 2.83 bits per heavy atom. The lowest BCUT2D eigenvalue weighted by atomic mass is 10.1. The number of halogens is 2. The summed E-state index contributed by atoms with van der Waals surface area (Å²) in [5, 5.41) is 2.67. The molecule has 2 aromatic rings. The Morgan fingerprint density at radius 1 is 1.29 bits per heavy atom. The van der Waals surface area contributed by atoms with Crippen LogP contribution in [0.4, 0.5) is 13.9 Å². The maximum absolute atomic E-state index is 14.2. The van der Waals surface area contributed by atoms with E-state index in [1.165, 1.54) is 17.4 Å². The van der Waals surface area contributed by atoms with Gasteiger partial charge in [-0.25, -0.2) is 9.37 Å². The van der Waals surface area contributed by atoms with Gasteiger partial charge in [0.25, 0.3) is 0 Å². The maximum Gasteiger partial charge on any atom is 0.201 e. The first-order valence-electron chi connectivity index (χ1n) is 7.80. The highest BCUT2D eigenvalue weighted by Gasteiger charge is 2.20. The molecule has 0 spiro atoms. The zero-order valence-electron chi connectivity index (χ0n) is 13.1. The lowest BCUT2D eigenvalue weighted by Crippen LogP contribution is -2.36. The molecule has 130 valence electrons. The van der Waals surface area contributed by atoms with Crippen LogP contribution in [-0.4, -0.2) is 44.4 Å². The molecule has 1 aliphatic heterocycles. The van der Waals surface area contributed by atoms with E-state index in [9.17, 15) is 8.78 Å². The summed E-state index contributed by atoms with van der Waals surface area (Å²) in [4.78, 5) is 6.68. The first-order chi connectivity index (χ1) is 11.7. The molecule has 1 aliphatic rings. The van der Waals surface area contributed by atoms with E-state index in [2.05, 4.69) is 9.88 Å². The second kappa shape index (κ2) is 7.87. The molecule has 2 heterocycles. The SMILES string of the molecule is NCCCOc1c(-c2csc(N3CCOCC3)n2)ccc(F)c1F. The molecule has 0 atom stereocenters. The number of aromatic nitrogens is 1. The van der Waals surface area contributed by atoms with E-state index in [0.717, 1.165) is 24.3 Å². The van der Waals surface area contributed by atoms with Crippen LogP contribution in [0.3, 0.4) is 0 Å². The molecule has 3 rings (SSSR count). The van der Waals surface area contributed by atoms with Crippen molar-refractivity contribution in [2.45, 2.75) is 6.42 Å². The van der Waals surface area contributed by atoms with E-state index in [1.807, 2.05) is 5.38 Å². The topological polar surface area (TPSA) is 60.6 Å². The predicted octanol–water partition coefficient (Wildman–Crippen LogP) is 2.65. The summed E-state index contributed by atoms with van der Waals surface area (Å²) in [6.07, 6.45) is 0.561. The summed E-state index contributed by atoms with van der Waals surface area (Å²) in [5.41, 5.74) is 6.44. The van der Waals surface area contributed by atoms with E-state index in [1.54, 1.807) is 0 Å². The number of ether oxygens (including phenoxy) is 2. The summed E-state index contributed by atoms with van der Waals surface area (Å²) in [6, 6.07) is 2.59. The highest BCUT2D eigenvalue weighted by Crippen LogP contribution is 2.36. The average Bonchev–Trinajstić information content (AvgIpc) is 3.09. The van der Waals surface area contributed by atoms with Crippen molar-refractivity contribution in [2.75, 3.05) is 44.4 Å². The van der Waals surface area contributed by atoms with Gasteiger partial charge in [-0.2, -0.15) is 4.39 Å². The summed E-state index contributed by atoms with van der Waals surface area (Å²) in [7, 11) is 0. The van der Waals surface area contributed by atoms with Crippen LogP contribution in [-0.2, 0) is 4.74 Å². The Labute approximate surface area is 143 Å². The molecular weight excluding hydrogens is 336 g/mol. The lowest BCUT2D eigenvalue weighted by molar-refractivity contribution is 0.122. The van der Waals surface area contributed by atoms with E-state index in [-0.39, 0.29) is 12.4 Å². The maximum atomic E-state index is 14.2. The Bertz CT molecular complexity index is 690. The van der Waals surface area contributed by atoms with E-state index < -0.39 is 11.6 Å². The molecule has 0 unspecified atom stereocenters. The van der Waals surface area contributed by atoms with E-state index in [4.69, 9.17) is 15.2 Å². The number of hydrogen-bond acceptors (Lipinski definition) is 6. The first kappa shape index (κ1) is 17.1. The molecule has 0 saturated carbocycles. The Kier molecular flexibility index (Phi) is 5.60. The molecule has 1 saturated heterocycles. The average molecular weight is 355 g/mol. The molecular formula is C16H19F2N3O2S.